The Bertz CT molecular complexity index is 498. The molecule has 1 aromatic heterocycles. The normalized spacial score (nSPS) is 23.9. The van der Waals surface area contributed by atoms with Crippen molar-refractivity contribution in [3.05, 3.63) is 11.6 Å². The smallest absolute Gasteiger partial charge is 0.227 e. The minimum Gasteiger partial charge on any atom is -0.342 e. The Morgan fingerprint density at radius 1 is 1.25 bits per heavy atom. The molecule has 2 fully saturated rings. The molecule has 1 saturated heterocycles. The Kier molecular flexibility index (Phi) is 3.30. The van der Waals surface area contributed by atoms with E-state index in [2.05, 4.69) is 15.2 Å². The van der Waals surface area contributed by atoms with Crippen LogP contribution in [-0.2, 0) is 4.79 Å². The van der Waals surface area contributed by atoms with Gasteiger partial charge in [0.25, 0.3) is 0 Å². The van der Waals surface area contributed by atoms with E-state index in [9.17, 15) is 4.79 Å². The molecule has 1 atom stereocenters. The molecule has 1 aromatic rings. The summed E-state index contributed by atoms with van der Waals surface area (Å²) in [6.45, 7) is 7.58. The zero-order valence-corrected chi connectivity index (χ0v) is 12.6. The van der Waals surface area contributed by atoms with E-state index in [0.717, 1.165) is 37.6 Å². The molecule has 5 nitrogen and oxygen atoms in total. The van der Waals surface area contributed by atoms with Crippen molar-refractivity contribution in [3.8, 4) is 0 Å². The van der Waals surface area contributed by atoms with Gasteiger partial charge in [-0.3, -0.25) is 9.89 Å². The average Bonchev–Trinajstić information content (AvgIpc) is 3.15. The van der Waals surface area contributed by atoms with Crippen molar-refractivity contribution in [2.24, 2.45) is 5.41 Å². The van der Waals surface area contributed by atoms with E-state index in [4.69, 9.17) is 0 Å². The van der Waals surface area contributed by atoms with Crippen LogP contribution < -0.4 is 0 Å². The van der Waals surface area contributed by atoms with Gasteiger partial charge in [-0.05, 0) is 25.7 Å². The van der Waals surface area contributed by atoms with E-state index in [0.29, 0.717) is 11.8 Å². The first-order valence-corrected chi connectivity index (χ1v) is 7.66. The predicted molar refractivity (Wildman–Crippen MR) is 76.4 cm³/mol. The van der Waals surface area contributed by atoms with E-state index in [1.807, 2.05) is 25.7 Å². The molecule has 1 saturated carbocycles. The molecule has 2 aliphatic rings. The highest BCUT2D eigenvalue weighted by molar-refractivity contribution is 5.81. The number of rotatable bonds is 2. The van der Waals surface area contributed by atoms with Crippen molar-refractivity contribution in [3.63, 3.8) is 0 Å². The largest absolute Gasteiger partial charge is 0.342 e. The molecule has 1 amide bonds. The molecule has 0 radical (unpaired) electrons. The van der Waals surface area contributed by atoms with E-state index in [-0.39, 0.29) is 11.3 Å². The summed E-state index contributed by atoms with van der Waals surface area (Å²) in [4.78, 5) is 19.0. The number of carbonyl (C=O) groups is 1. The number of aromatic amines is 1. The number of H-pyrrole nitrogens is 1. The van der Waals surface area contributed by atoms with Gasteiger partial charge in [-0.15, -0.1) is 0 Å². The minimum absolute atomic E-state index is 0.236. The predicted octanol–water partition coefficient (Wildman–Crippen LogP) is 2.43. The third-order valence-electron chi connectivity index (χ3n) is 4.20. The third-order valence-corrected chi connectivity index (χ3v) is 4.20. The summed E-state index contributed by atoms with van der Waals surface area (Å²) in [6.07, 6.45) is 4.58. The lowest BCUT2D eigenvalue weighted by atomic mass is 9.91. The van der Waals surface area contributed by atoms with Gasteiger partial charge in [0.15, 0.2) is 5.82 Å². The molecular weight excluding hydrogens is 252 g/mol. The molecular formula is C15H24N4O. The Morgan fingerprint density at radius 2 is 2.00 bits per heavy atom. The highest BCUT2D eigenvalue weighted by Gasteiger charge is 2.34. The lowest BCUT2D eigenvalue weighted by Crippen LogP contribution is -2.44. The van der Waals surface area contributed by atoms with Crippen LogP contribution in [0.3, 0.4) is 0 Å². The second kappa shape index (κ2) is 4.86. The van der Waals surface area contributed by atoms with Gasteiger partial charge in [-0.2, -0.15) is 5.10 Å². The maximum atomic E-state index is 12.4. The number of hydrogen-bond acceptors (Lipinski definition) is 3. The molecule has 20 heavy (non-hydrogen) atoms. The fraction of sp³-hybridized carbons (Fsp3) is 0.800. The van der Waals surface area contributed by atoms with Gasteiger partial charge in [-0.25, -0.2) is 4.98 Å². The van der Waals surface area contributed by atoms with Gasteiger partial charge in [0, 0.05) is 30.3 Å². The van der Waals surface area contributed by atoms with Crippen molar-refractivity contribution in [1.29, 1.82) is 0 Å². The van der Waals surface area contributed by atoms with Crippen LogP contribution in [0.5, 0.6) is 0 Å². The van der Waals surface area contributed by atoms with Gasteiger partial charge >= 0.3 is 0 Å². The van der Waals surface area contributed by atoms with E-state index in [1.165, 1.54) is 12.8 Å². The monoisotopic (exact) mass is 276 g/mol. The third kappa shape index (κ3) is 2.72. The van der Waals surface area contributed by atoms with Crippen LogP contribution in [0.2, 0.25) is 0 Å². The quantitative estimate of drug-likeness (QED) is 0.902. The second-order valence-corrected chi connectivity index (χ2v) is 7.19. The number of piperidine rings is 1. The molecule has 1 N–H and O–H groups in total. The molecule has 1 aliphatic heterocycles. The van der Waals surface area contributed by atoms with Crippen molar-refractivity contribution >= 4 is 5.91 Å². The van der Waals surface area contributed by atoms with Gasteiger partial charge in [-0.1, -0.05) is 20.8 Å². The van der Waals surface area contributed by atoms with Crippen LogP contribution >= 0.6 is 0 Å². The van der Waals surface area contributed by atoms with Gasteiger partial charge < -0.3 is 4.90 Å². The summed E-state index contributed by atoms with van der Waals surface area (Å²) in [7, 11) is 0. The van der Waals surface area contributed by atoms with Crippen LogP contribution in [-0.4, -0.2) is 39.1 Å². The van der Waals surface area contributed by atoms with Gasteiger partial charge in [0.2, 0.25) is 5.91 Å². The summed E-state index contributed by atoms with van der Waals surface area (Å²) in [5.41, 5.74) is -0.305. The molecule has 2 heterocycles. The average molecular weight is 276 g/mol. The number of hydrogen-bond donors (Lipinski definition) is 1. The number of carbonyl (C=O) groups excluding carboxylic acids is 1. The highest BCUT2D eigenvalue weighted by atomic mass is 16.2. The molecule has 0 spiro atoms. The molecule has 0 bridgehead atoms. The number of nitrogens with zero attached hydrogens (tertiary/aromatic N) is 3. The maximum absolute atomic E-state index is 12.4. The van der Waals surface area contributed by atoms with Crippen LogP contribution in [0.15, 0.2) is 0 Å². The fourth-order valence-corrected chi connectivity index (χ4v) is 2.86. The summed E-state index contributed by atoms with van der Waals surface area (Å²) in [5.74, 6) is 3.07. The SMILES string of the molecule is CC(C)(C)C(=O)N1CCCC(c2n[nH]c(C3CC3)n2)C1. The maximum Gasteiger partial charge on any atom is 0.227 e. The van der Waals surface area contributed by atoms with Crippen LogP contribution in [0.25, 0.3) is 0 Å². The lowest BCUT2D eigenvalue weighted by molar-refractivity contribution is -0.140. The lowest BCUT2D eigenvalue weighted by Gasteiger charge is -2.35. The molecule has 0 aromatic carbocycles. The Hall–Kier alpha value is -1.39. The Labute approximate surface area is 120 Å². The summed E-state index contributed by atoms with van der Waals surface area (Å²) >= 11 is 0. The second-order valence-electron chi connectivity index (χ2n) is 7.19. The van der Waals surface area contributed by atoms with Crippen LogP contribution in [0.4, 0.5) is 0 Å². The number of likely N-dealkylation sites (tertiary alicyclic amines) is 1. The van der Waals surface area contributed by atoms with Crippen molar-refractivity contribution < 1.29 is 4.79 Å². The molecule has 3 rings (SSSR count). The summed E-state index contributed by atoms with van der Waals surface area (Å²) in [5, 5.41) is 7.46. The van der Waals surface area contributed by atoms with Crippen LogP contribution in [0.1, 0.15) is 69.9 Å². The zero-order valence-electron chi connectivity index (χ0n) is 12.6. The van der Waals surface area contributed by atoms with Gasteiger partial charge in [0.1, 0.15) is 5.82 Å². The summed E-state index contributed by atoms with van der Waals surface area (Å²) in [6, 6.07) is 0. The molecule has 110 valence electrons. The topological polar surface area (TPSA) is 61.9 Å². The first kappa shape index (κ1) is 13.6. The first-order chi connectivity index (χ1) is 9.45. The number of aromatic nitrogens is 3. The zero-order chi connectivity index (χ0) is 14.3. The standard InChI is InChI=1S/C15H24N4O/c1-15(2,3)14(20)19-8-4-5-11(9-19)13-16-12(17-18-13)10-6-7-10/h10-11H,4-9H2,1-3H3,(H,16,17,18). The highest BCUT2D eigenvalue weighted by Crippen LogP contribution is 2.38. The van der Waals surface area contributed by atoms with E-state index >= 15 is 0 Å². The number of amides is 1. The molecule has 1 unspecified atom stereocenters. The van der Waals surface area contributed by atoms with Crippen molar-refractivity contribution in [2.45, 2.75) is 58.3 Å². The minimum atomic E-state index is -0.305. The summed E-state index contributed by atoms with van der Waals surface area (Å²) < 4.78 is 0. The van der Waals surface area contributed by atoms with Gasteiger partial charge in [0.05, 0.1) is 0 Å². The van der Waals surface area contributed by atoms with Crippen LogP contribution in [0, 0.1) is 5.41 Å². The van der Waals surface area contributed by atoms with Crippen molar-refractivity contribution in [2.75, 3.05) is 13.1 Å². The number of nitrogens with one attached hydrogen (secondary N) is 1. The van der Waals surface area contributed by atoms with Crippen molar-refractivity contribution in [1.82, 2.24) is 20.1 Å². The van der Waals surface area contributed by atoms with E-state index < -0.39 is 0 Å². The first-order valence-electron chi connectivity index (χ1n) is 7.66. The fourth-order valence-electron chi connectivity index (χ4n) is 2.86. The molecule has 5 heteroatoms. The Morgan fingerprint density at radius 3 is 2.65 bits per heavy atom. The molecule has 1 aliphatic carbocycles. The van der Waals surface area contributed by atoms with E-state index in [1.54, 1.807) is 0 Å². The Balaban J connectivity index is 1.69.